The number of ether oxygens (including phenoxy) is 3. The van der Waals surface area contributed by atoms with Gasteiger partial charge in [0.05, 0.1) is 32.3 Å². The normalized spacial score (nSPS) is 16.6. The minimum atomic E-state index is -3.16. The summed E-state index contributed by atoms with van der Waals surface area (Å²) >= 11 is 0. The third-order valence-corrected chi connectivity index (χ3v) is 8.08. The lowest BCUT2D eigenvalue weighted by Crippen LogP contribution is -2.40. The number of unbranched alkanes of at least 4 members (excludes halogenated alkanes) is 4. The molecule has 0 unspecified atom stereocenters. The molecular formula is C27H37NO6S. The molecular weight excluding hydrogens is 466 g/mol. The van der Waals surface area contributed by atoms with Crippen molar-refractivity contribution in [2.24, 2.45) is 0 Å². The van der Waals surface area contributed by atoms with Crippen LogP contribution in [0.4, 0.5) is 0 Å². The molecule has 35 heavy (non-hydrogen) atoms. The van der Waals surface area contributed by atoms with Crippen LogP contribution in [-0.2, 0) is 16.4 Å². The number of carbonyl (C=O) groups excluding carboxylic acids is 1. The van der Waals surface area contributed by atoms with E-state index in [4.69, 9.17) is 14.2 Å². The molecule has 0 aromatic heterocycles. The van der Waals surface area contributed by atoms with E-state index in [1.807, 2.05) is 12.1 Å². The highest BCUT2D eigenvalue weighted by Gasteiger charge is 2.35. The quantitative estimate of drug-likeness (QED) is 0.362. The van der Waals surface area contributed by atoms with Gasteiger partial charge >= 0.3 is 0 Å². The Kier molecular flexibility index (Phi) is 9.83. The molecule has 1 fully saturated rings. The number of rotatable bonds is 13. The monoisotopic (exact) mass is 503 g/mol. The Labute approximate surface area is 209 Å². The van der Waals surface area contributed by atoms with Crippen LogP contribution in [0.3, 0.4) is 0 Å². The lowest BCUT2D eigenvalue weighted by Gasteiger charge is -2.29. The number of amides is 1. The molecule has 192 valence electrons. The predicted octanol–water partition coefficient (Wildman–Crippen LogP) is 4.88. The number of carbonyl (C=O) groups is 1. The minimum Gasteiger partial charge on any atom is -0.494 e. The molecule has 0 saturated carbocycles. The van der Waals surface area contributed by atoms with Crippen molar-refractivity contribution >= 4 is 15.7 Å². The molecule has 2 aromatic carbocycles. The first kappa shape index (κ1) is 26.9. The van der Waals surface area contributed by atoms with Gasteiger partial charge in [0.15, 0.2) is 21.3 Å². The average Bonchev–Trinajstić information content (AvgIpc) is 3.23. The number of methoxy groups -OCH3 is 2. The molecule has 0 N–H and O–H groups in total. The summed E-state index contributed by atoms with van der Waals surface area (Å²) in [4.78, 5) is 15.2. The van der Waals surface area contributed by atoms with Gasteiger partial charge in [-0.3, -0.25) is 4.79 Å². The summed E-state index contributed by atoms with van der Waals surface area (Å²) in [5, 5.41) is 0. The van der Waals surface area contributed by atoms with Gasteiger partial charge in [0, 0.05) is 18.2 Å². The van der Waals surface area contributed by atoms with E-state index >= 15 is 0 Å². The van der Waals surface area contributed by atoms with Crippen LogP contribution in [0.2, 0.25) is 0 Å². The Hall–Kier alpha value is -2.74. The average molecular weight is 504 g/mol. The van der Waals surface area contributed by atoms with Gasteiger partial charge < -0.3 is 19.1 Å². The fourth-order valence-corrected chi connectivity index (χ4v) is 6.05. The second-order valence-electron chi connectivity index (χ2n) is 8.97. The summed E-state index contributed by atoms with van der Waals surface area (Å²) in [7, 11) is -0.0317. The van der Waals surface area contributed by atoms with Crippen molar-refractivity contribution in [3.8, 4) is 17.2 Å². The number of benzene rings is 2. The zero-order chi connectivity index (χ0) is 25.3. The fraction of sp³-hybridized carbons (Fsp3) is 0.519. The lowest BCUT2D eigenvalue weighted by atomic mass is 10.1. The van der Waals surface area contributed by atoms with Gasteiger partial charge in [-0.15, -0.1) is 0 Å². The van der Waals surface area contributed by atoms with Crippen molar-refractivity contribution in [2.75, 3.05) is 32.3 Å². The van der Waals surface area contributed by atoms with Crippen molar-refractivity contribution in [1.29, 1.82) is 0 Å². The molecule has 0 bridgehead atoms. The fourth-order valence-electron chi connectivity index (χ4n) is 4.32. The van der Waals surface area contributed by atoms with Gasteiger partial charge in [0.2, 0.25) is 0 Å². The first-order valence-corrected chi connectivity index (χ1v) is 14.1. The van der Waals surface area contributed by atoms with Crippen LogP contribution in [0, 0.1) is 0 Å². The first-order chi connectivity index (χ1) is 16.9. The van der Waals surface area contributed by atoms with Crippen LogP contribution in [0.1, 0.15) is 61.4 Å². The summed E-state index contributed by atoms with van der Waals surface area (Å²) in [6, 6.07) is 12.2. The van der Waals surface area contributed by atoms with Gasteiger partial charge in [-0.1, -0.05) is 38.7 Å². The van der Waals surface area contributed by atoms with Gasteiger partial charge in [-0.05, 0) is 54.8 Å². The molecule has 0 aliphatic carbocycles. The summed E-state index contributed by atoms with van der Waals surface area (Å²) in [6.07, 6.45) is 6.28. The zero-order valence-corrected chi connectivity index (χ0v) is 21.8. The SMILES string of the molecule is CCCCCCCOc1ccc(C(=O)N(Cc2ccc(OC)c(OC)c2)[C@H]2CCS(=O)(=O)C2)cc1. The van der Waals surface area contributed by atoms with Gasteiger partial charge in [-0.2, -0.15) is 0 Å². The maximum absolute atomic E-state index is 13.5. The molecule has 2 aromatic rings. The number of sulfone groups is 1. The topological polar surface area (TPSA) is 82.1 Å². The zero-order valence-electron chi connectivity index (χ0n) is 21.0. The van der Waals surface area contributed by atoms with Crippen LogP contribution in [-0.4, -0.2) is 57.6 Å². The summed E-state index contributed by atoms with van der Waals surface area (Å²) in [5.41, 5.74) is 1.34. The Bertz CT molecular complexity index is 1070. The van der Waals surface area contributed by atoms with Crippen LogP contribution >= 0.6 is 0 Å². The Balaban J connectivity index is 1.72. The Morgan fingerprint density at radius 2 is 1.69 bits per heavy atom. The van der Waals surface area contributed by atoms with Crippen LogP contribution in [0.15, 0.2) is 42.5 Å². The maximum Gasteiger partial charge on any atom is 0.254 e. The number of hydrogen-bond donors (Lipinski definition) is 0. The van der Waals surface area contributed by atoms with E-state index in [1.165, 1.54) is 19.3 Å². The highest BCUT2D eigenvalue weighted by Crippen LogP contribution is 2.30. The van der Waals surface area contributed by atoms with E-state index in [0.29, 0.717) is 30.1 Å². The molecule has 1 aliphatic heterocycles. The van der Waals surface area contributed by atoms with E-state index in [0.717, 1.165) is 24.2 Å². The third-order valence-electron chi connectivity index (χ3n) is 6.33. The molecule has 1 saturated heterocycles. The standard InChI is InChI=1S/C27H37NO6S/c1-4-5-6-7-8-16-34-24-12-10-22(11-13-24)27(29)28(23-15-17-35(30,31)20-23)19-21-9-14-25(32-2)26(18-21)33-3/h9-14,18,23H,4-8,15-17,19-20H2,1-3H3/t23-/m0/s1. The van der Waals surface area contributed by atoms with E-state index in [-0.39, 0.29) is 30.0 Å². The molecule has 7 nitrogen and oxygen atoms in total. The van der Waals surface area contributed by atoms with Gasteiger partial charge in [0.1, 0.15) is 5.75 Å². The van der Waals surface area contributed by atoms with Gasteiger partial charge in [0.25, 0.3) is 5.91 Å². The van der Waals surface area contributed by atoms with E-state index in [2.05, 4.69) is 6.92 Å². The second kappa shape index (κ2) is 12.8. The number of nitrogens with zero attached hydrogens (tertiary/aromatic N) is 1. The lowest BCUT2D eigenvalue weighted by molar-refractivity contribution is 0.0680. The largest absolute Gasteiger partial charge is 0.494 e. The smallest absolute Gasteiger partial charge is 0.254 e. The second-order valence-corrected chi connectivity index (χ2v) is 11.2. The summed E-state index contributed by atoms with van der Waals surface area (Å²) in [5.74, 6) is 1.76. The van der Waals surface area contributed by atoms with E-state index < -0.39 is 9.84 Å². The molecule has 1 heterocycles. The maximum atomic E-state index is 13.5. The third kappa shape index (κ3) is 7.62. The van der Waals surface area contributed by atoms with Crippen molar-refractivity contribution in [3.05, 3.63) is 53.6 Å². The molecule has 0 spiro atoms. The molecule has 1 aliphatic rings. The molecule has 8 heteroatoms. The minimum absolute atomic E-state index is 0.0226. The van der Waals surface area contributed by atoms with Crippen molar-refractivity contribution < 1.29 is 27.4 Å². The number of hydrogen-bond acceptors (Lipinski definition) is 6. The molecule has 1 atom stereocenters. The van der Waals surface area contributed by atoms with Crippen molar-refractivity contribution in [3.63, 3.8) is 0 Å². The Morgan fingerprint density at radius 1 is 0.971 bits per heavy atom. The Morgan fingerprint density at radius 3 is 2.31 bits per heavy atom. The van der Waals surface area contributed by atoms with E-state index in [9.17, 15) is 13.2 Å². The first-order valence-electron chi connectivity index (χ1n) is 12.3. The van der Waals surface area contributed by atoms with Crippen LogP contribution < -0.4 is 14.2 Å². The van der Waals surface area contributed by atoms with E-state index in [1.54, 1.807) is 49.5 Å². The predicted molar refractivity (Wildman–Crippen MR) is 137 cm³/mol. The molecule has 1 amide bonds. The summed E-state index contributed by atoms with van der Waals surface area (Å²) < 4.78 is 40.9. The van der Waals surface area contributed by atoms with Gasteiger partial charge in [-0.25, -0.2) is 8.42 Å². The van der Waals surface area contributed by atoms with Crippen molar-refractivity contribution in [1.82, 2.24) is 4.90 Å². The van der Waals surface area contributed by atoms with Crippen molar-refractivity contribution in [2.45, 2.75) is 58.0 Å². The molecule has 3 rings (SSSR count). The van der Waals surface area contributed by atoms with Crippen LogP contribution in [0.25, 0.3) is 0 Å². The summed E-state index contributed by atoms with van der Waals surface area (Å²) in [6.45, 7) is 3.12. The highest BCUT2D eigenvalue weighted by molar-refractivity contribution is 7.91. The molecule has 0 radical (unpaired) electrons. The highest BCUT2D eigenvalue weighted by atomic mass is 32.2. The van der Waals surface area contributed by atoms with Crippen LogP contribution in [0.5, 0.6) is 17.2 Å².